The van der Waals surface area contributed by atoms with Gasteiger partial charge in [-0.1, -0.05) is 112 Å². The maximum atomic E-state index is 12.7. The normalized spacial score (nSPS) is 12.6. The predicted octanol–water partition coefficient (Wildman–Crippen LogP) is 13.4. The number of thiol groups is 1. The summed E-state index contributed by atoms with van der Waals surface area (Å²) in [6.45, 7) is 28.7. The zero-order chi connectivity index (χ0) is 50.1. The third kappa shape index (κ3) is 17.1. The fourth-order valence-electron chi connectivity index (χ4n) is 5.09. The number of halogens is 1. The van der Waals surface area contributed by atoms with Gasteiger partial charge in [-0.15, -0.1) is 58.4 Å². The van der Waals surface area contributed by atoms with Crippen molar-refractivity contribution in [3.63, 3.8) is 0 Å². The van der Waals surface area contributed by atoms with Crippen molar-refractivity contribution < 1.29 is 36.4 Å². The zero-order valence-electron chi connectivity index (χ0n) is 40.5. The van der Waals surface area contributed by atoms with Crippen LogP contribution in [0.15, 0.2) is 96.9 Å². The van der Waals surface area contributed by atoms with Crippen molar-refractivity contribution in [3.05, 3.63) is 105 Å². The zero-order valence-corrected chi connectivity index (χ0v) is 47.1. The SMILES string of the molecule is CC(C)(Br)C(=O)Cc1cc(C(C)(C)C)on1.CC(C)(C)c1cc(CC(=O)C(C)(C)S(=O)(=O)c2cccs2)no1.CC(C)(Sc1cccs1)C(=O)Cc1cc(C(C)(C)C)on1.Sc1cccs1. The van der Waals surface area contributed by atoms with Crippen molar-refractivity contribution in [2.45, 2.75) is 166 Å². The summed E-state index contributed by atoms with van der Waals surface area (Å²) in [7, 11) is -3.73. The number of Topliss-reactive ketones (excluding diaryl/α,β-unsaturated/α-hetero) is 3. The summed E-state index contributed by atoms with van der Waals surface area (Å²) in [6.07, 6.45) is 0.542. The molecule has 11 nitrogen and oxygen atoms in total. The third-order valence-electron chi connectivity index (χ3n) is 9.71. The molecule has 0 aliphatic rings. The summed E-state index contributed by atoms with van der Waals surface area (Å²) in [5.74, 6) is 2.14. The standard InChI is InChI=1S/C16H21NO4S2.C16H21NO2S2.C12H18BrNO2.C4H4S2/c1-15(2,3)13-10-11(17-21-13)9-12(18)16(4,5)23(19,20)14-7-6-8-22-14;1-15(2,3)13-10-11(17-19-13)9-12(18)16(4,5)21-14-7-6-8-20-14;1-11(2,3)10-7-8(14-16-10)6-9(15)12(4,5)13;5-4-2-1-3-6-4/h6-8,10H,9H2,1-5H3;6-8,10H,9H2,1-5H3;7H,6H2,1-5H3;1-3,5H. The van der Waals surface area contributed by atoms with Gasteiger partial charge in [0.2, 0.25) is 0 Å². The molecule has 0 spiro atoms. The first-order valence-electron chi connectivity index (χ1n) is 21.0. The molecule has 0 amide bonds. The van der Waals surface area contributed by atoms with Crippen molar-refractivity contribution in [2.75, 3.05) is 0 Å². The number of thiophene rings is 3. The molecule has 66 heavy (non-hydrogen) atoms. The number of rotatable bonds is 13. The summed E-state index contributed by atoms with van der Waals surface area (Å²) in [6, 6.07) is 16.6. The van der Waals surface area contributed by atoms with E-state index in [4.69, 9.17) is 13.6 Å². The van der Waals surface area contributed by atoms with Gasteiger partial charge in [0.1, 0.15) is 26.2 Å². The molecular formula is C48H64BrN3O8S6. The predicted molar refractivity (Wildman–Crippen MR) is 276 cm³/mol. The summed E-state index contributed by atoms with van der Waals surface area (Å²) < 4.78 is 41.1. The summed E-state index contributed by atoms with van der Waals surface area (Å²) in [4.78, 5) is 36.9. The Morgan fingerprint density at radius 2 is 0.985 bits per heavy atom. The van der Waals surface area contributed by atoms with E-state index in [0.717, 1.165) is 31.3 Å². The smallest absolute Gasteiger partial charge is 0.199 e. The van der Waals surface area contributed by atoms with E-state index in [1.54, 1.807) is 51.9 Å². The largest absolute Gasteiger partial charge is 0.361 e. The maximum absolute atomic E-state index is 12.7. The molecule has 0 radical (unpaired) electrons. The first-order valence-corrected chi connectivity index (χ1v) is 27.2. The maximum Gasteiger partial charge on any atom is 0.199 e. The minimum Gasteiger partial charge on any atom is -0.361 e. The van der Waals surface area contributed by atoms with Crippen LogP contribution in [0.5, 0.6) is 0 Å². The first-order chi connectivity index (χ1) is 30.1. The lowest BCUT2D eigenvalue weighted by Crippen LogP contribution is -2.41. The van der Waals surface area contributed by atoms with E-state index in [1.807, 2.05) is 116 Å². The van der Waals surface area contributed by atoms with Crippen LogP contribution in [0.25, 0.3) is 0 Å². The number of thioether (sulfide) groups is 1. The molecule has 6 rings (SSSR count). The highest BCUT2D eigenvalue weighted by molar-refractivity contribution is 9.10. The summed E-state index contributed by atoms with van der Waals surface area (Å²) >= 11 is 13.4. The minimum absolute atomic E-state index is 0.0712. The highest BCUT2D eigenvalue weighted by Crippen LogP contribution is 2.37. The third-order valence-corrected chi connectivity index (χ3v) is 17.4. The van der Waals surface area contributed by atoms with Crippen LogP contribution in [-0.4, -0.2) is 55.1 Å². The Balaban J connectivity index is 0.000000249. The molecule has 0 saturated heterocycles. The van der Waals surface area contributed by atoms with Gasteiger partial charge in [-0.3, -0.25) is 14.4 Å². The van der Waals surface area contributed by atoms with E-state index in [9.17, 15) is 22.8 Å². The molecule has 0 bridgehead atoms. The van der Waals surface area contributed by atoms with Crippen LogP contribution in [0.4, 0.5) is 0 Å². The lowest BCUT2D eigenvalue weighted by molar-refractivity contribution is -0.120. The molecule has 6 aromatic heterocycles. The second-order valence-corrected chi connectivity index (χ2v) is 30.3. The van der Waals surface area contributed by atoms with Crippen molar-refractivity contribution >= 4 is 102 Å². The van der Waals surface area contributed by atoms with Crippen LogP contribution in [-0.2, 0) is 59.7 Å². The molecule has 0 unspecified atom stereocenters. The lowest BCUT2D eigenvalue weighted by Gasteiger charge is -2.22. The number of carbonyl (C=O) groups is 3. The molecule has 0 fully saturated rings. The molecular weight excluding hydrogens is 1020 g/mol. The molecule has 6 heterocycles. The average Bonchev–Trinajstić information content (AvgIpc) is 4.03. The molecule has 0 aliphatic carbocycles. The van der Waals surface area contributed by atoms with Crippen LogP contribution in [0.1, 0.15) is 138 Å². The molecule has 0 aliphatic heterocycles. The Kier molecular flexibility index (Phi) is 19.9. The fourth-order valence-corrected chi connectivity index (χ4v) is 11.1. The number of aromatic nitrogens is 3. The van der Waals surface area contributed by atoms with Crippen LogP contribution in [0.3, 0.4) is 0 Å². The van der Waals surface area contributed by atoms with Gasteiger partial charge in [0, 0.05) is 34.4 Å². The van der Waals surface area contributed by atoms with Gasteiger partial charge in [0.05, 0.1) is 53.8 Å². The first kappa shape index (κ1) is 57.2. The second-order valence-electron chi connectivity index (χ2n) is 20.0. The van der Waals surface area contributed by atoms with Gasteiger partial charge in [0.25, 0.3) is 0 Å². The van der Waals surface area contributed by atoms with E-state index in [1.165, 1.54) is 19.9 Å². The van der Waals surface area contributed by atoms with E-state index >= 15 is 0 Å². The van der Waals surface area contributed by atoms with Crippen LogP contribution >= 0.6 is 74.3 Å². The van der Waals surface area contributed by atoms with E-state index in [2.05, 4.69) is 64.8 Å². The van der Waals surface area contributed by atoms with Gasteiger partial charge in [0.15, 0.2) is 27.2 Å². The van der Waals surface area contributed by atoms with Crippen LogP contribution in [0, 0.1) is 0 Å². The van der Waals surface area contributed by atoms with E-state index in [-0.39, 0.29) is 38.4 Å². The van der Waals surface area contributed by atoms with Gasteiger partial charge in [-0.25, -0.2) is 8.42 Å². The average molecular weight is 1080 g/mol. The summed E-state index contributed by atoms with van der Waals surface area (Å²) in [5, 5.41) is 17.6. The van der Waals surface area contributed by atoms with Gasteiger partial charge in [-0.05, 0) is 75.9 Å². The van der Waals surface area contributed by atoms with Crippen LogP contribution < -0.4 is 0 Å². The minimum atomic E-state index is -3.73. The van der Waals surface area contributed by atoms with E-state index < -0.39 is 29.4 Å². The second kappa shape index (κ2) is 23.0. The molecule has 18 heteroatoms. The Bertz CT molecular complexity index is 2560. The van der Waals surface area contributed by atoms with Crippen molar-refractivity contribution in [1.29, 1.82) is 0 Å². The topological polar surface area (TPSA) is 163 Å². The Hall–Kier alpha value is -3.13. The highest BCUT2D eigenvalue weighted by atomic mass is 79.9. The van der Waals surface area contributed by atoms with Gasteiger partial charge in [-0.2, -0.15) is 0 Å². The van der Waals surface area contributed by atoms with Crippen LogP contribution in [0.2, 0.25) is 0 Å². The lowest BCUT2D eigenvalue weighted by atomic mass is 9.92. The number of ketones is 3. The Morgan fingerprint density at radius 1 is 0.591 bits per heavy atom. The molecule has 0 N–H and O–H groups in total. The van der Waals surface area contributed by atoms with Gasteiger partial charge >= 0.3 is 0 Å². The molecule has 0 saturated carbocycles. The number of hydrogen-bond acceptors (Lipinski definition) is 16. The monoisotopic (exact) mass is 1080 g/mol. The number of nitrogens with zero attached hydrogens (tertiary/aromatic N) is 3. The molecule has 362 valence electrons. The quantitative estimate of drug-likeness (QED) is 0.0662. The molecule has 0 atom stereocenters. The highest BCUT2D eigenvalue weighted by Gasteiger charge is 2.43. The number of hydrogen-bond donors (Lipinski definition) is 1. The van der Waals surface area contributed by atoms with Crippen molar-refractivity contribution in [3.8, 4) is 0 Å². The molecule has 0 aromatic carbocycles. The summed E-state index contributed by atoms with van der Waals surface area (Å²) in [5.41, 5.74) is 1.49. The van der Waals surface area contributed by atoms with Crippen molar-refractivity contribution in [1.82, 2.24) is 15.5 Å². The Morgan fingerprint density at radius 3 is 1.30 bits per heavy atom. The Labute approximate surface area is 421 Å². The number of sulfone groups is 1. The van der Waals surface area contributed by atoms with E-state index in [0.29, 0.717) is 35.7 Å². The number of carbonyl (C=O) groups excluding carboxylic acids is 3. The van der Waals surface area contributed by atoms with Crippen molar-refractivity contribution in [2.24, 2.45) is 0 Å². The number of alkyl halides is 1. The fraction of sp³-hybridized carbons (Fsp3) is 0.500. The molecule has 6 aromatic rings. The van der Waals surface area contributed by atoms with Gasteiger partial charge < -0.3 is 13.6 Å².